The number of carbonyl (C=O) groups excluding carboxylic acids is 1. The van der Waals surface area contributed by atoms with Crippen LogP contribution in [0, 0.1) is 0 Å². The minimum absolute atomic E-state index is 0.235. The smallest absolute Gasteiger partial charge is 0.305 e. The number of benzene rings is 1. The molecule has 1 rings (SSSR count). The zero-order valence-corrected chi connectivity index (χ0v) is 14.0. The minimum Gasteiger partial charge on any atom is -0.466 e. The van der Waals surface area contributed by atoms with Gasteiger partial charge in [0.25, 0.3) is 0 Å². The fraction of sp³-hybridized carbons (Fsp3) is 0.500. The molecule has 106 valence electrons. The summed E-state index contributed by atoms with van der Waals surface area (Å²) >= 11 is 6.76. The van der Waals surface area contributed by atoms with Gasteiger partial charge in [0.05, 0.1) is 12.7 Å². The fourth-order valence-electron chi connectivity index (χ4n) is 1.54. The van der Waals surface area contributed by atoms with Crippen LogP contribution in [0.15, 0.2) is 27.1 Å². The monoisotopic (exact) mass is 392 g/mol. The van der Waals surface area contributed by atoms with Gasteiger partial charge in [0, 0.05) is 15.4 Å². The van der Waals surface area contributed by atoms with Gasteiger partial charge in [-0.1, -0.05) is 19.4 Å². The first-order valence-corrected chi connectivity index (χ1v) is 7.91. The first-order chi connectivity index (χ1) is 9.04. The van der Waals surface area contributed by atoms with Gasteiger partial charge in [0.15, 0.2) is 0 Å². The molecule has 1 unspecified atom stereocenters. The summed E-state index contributed by atoms with van der Waals surface area (Å²) in [7, 11) is 0. The molecule has 0 aliphatic heterocycles. The van der Waals surface area contributed by atoms with Crippen molar-refractivity contribution in [2.45, 2.75) is 38.7 Å². The highest BCUT2D eigenvalue weighted by atomic mass is 79.9. The van der Waals surface area contributed by atoms with E-state index in [9.17, 15) is 9.90 Å². The normalized spacial score (nSPS) is 12.2. The quantitative estimate of drug-likeness (QED) is 0.552. The number of carbonyl (C=O) groups is 1. The van der Waals surface area contributed by atoms with Gasteiger partial charge in [0.2, 0.25) is 0 Å². The van der Waals surface area contributed by atoms with Crippen LogP contribution in [0.4, 0.5) is 0 Å². The maximum atomic E-state index is 11.4. The van der Waals surface area contributed by atoms with Crippen LogP contribution < -0.4 is 0 Å². The Hall–Kier alpha value is -0.390. The summed E-state index contributed by atoms with van der Waals surface area (Å²) in [5, 5.41) is 10.0. The molecule has 1 atom stereocenters. The van der Waals surface area contributed by atoms with Crippen molar-refractivity contribution in [3.8, 4) is 0 Å². The Kier molecular flexibility index (Phi) is 7.64. The van der Waals surface area contributed by atoms with Crippen molar-refractivity contribution in [1.29, 1.82) is 0 Å². The molecule has 0 aromatic heterocycles. The van der Waals surface area contributed by atoms with Crippen molar-refractivity contribution >= 4 is 37.8 Å². The maximum absolute atomic E-state index is 11.4. The lowest BCUT2D eigenvalue weighted by Gasteiger charge is -2.11. The van der Waals surface area contributed by atoms with Crippen LogP contribution in [-0.2, 0) is 9.53 Å². The summed E-state index contributed by atoms with van der Waals surface area (Å²) in [4.78, 5) is 11.4. The molecule has 3 nitrogen and oxygen atoms in total. The Morgan fingerprint density at radius 3 is 2.74 bits per heavy atom. The summed E-state index contributed by atoms with van der Waals surface area (Å²) in [5.41, 5.74) is 0.788. The number of hydrogen-bond acceptors (Lipinski definition) is 3. The zero-order valence-electron chi connectivity index (χ0n) is 10.9. The number of aliphatic hydroxyl groups excluding tert-OH is 1. The second-order valence-corrected chi connectivity index (χ2v) is 6.01. The van der Waals surface area contributed by atoms with Crippen LogP contribution in [-0.4, -0.2) is 17.7 Å². The number of aliphatic hydroxyl groups is 1. The van der Waals surface area contributed by atoms with E-state index in [0.717, 1.165) is 27.4 Å². The van der Waals surface area contributed by atoms with Crippen LogP contribution in [0.3, 0.4) is 0 Å². The second-order valence-electron chi connectivity index (χ2n) is 4.30. The minimum atomic E-state index is -0.650. The van der Waals surface area contributed by atoms with E-state index in [1.165, 1.54) is 0 Å². The molecule has 1 N–H and O–H groups in total. The Balaban J connectivity index is 2.40. The molecule has 0 aliphatic carbocycles. The molecule has 0 saturated carbocycles. The van der Waals surface area contributed by atoms with E-state index < -0.39 is 6.10 Å². The lowest BCUT2D eigenvalue weighted by molar-refractivity contribution is -0.144. The van der Waals surface area contributed by atoms with Gasteiger partial charge >= 0.3 is 5.97 Å². The van der Waals surface area contributed by atoms with Gasteiger partial charge in [-0.25, -0.2) is 0 Å². The SMILES string of the molecule is CCCCOC(=O)CCC(O)c1ccc(Br)c(Br)c1. The molecule has 5 heteroatoms. The van der Waals surface area contributed by atoms with Crippen LogP contribution in [0.25, 0.3) is 0 Å². The van der Waals surface area contributed by atoms with Crippen molar-refractivity contribution in [2.24, 2.45) is 0 Å². The summed E-state index contributed by atoms with van der Waals surface area (Å²) in [5.74, 6) is -0.247. The molecule has 0 bridgehead atoms. The molecule has 1 aromatic carbocycles. The second kappa shape index (κ2) is 8.72. The van der Waals surface area contributed by atoms with E-state index in [-0.39, 0.29) is 12.4 Å². The fourth-order valence-corrected chi connectivity index (χ4v) is 2.19. The number of ether oxygens (including phenoxy) is 1. The van der Waals surface area contributed by atoms with E-state index in [1.54, 1.807) is 0 Å². The van der Waals surface area contributed by atoms with Crippen molar-refractivity contribution in [2.75, 3.05) is 6.61 Å². The van der Waals surface area contributed by atoms with E-state index in [1.807, 2.05) is 25.1 Å². The van der Waals surface area contributed by atoms with Gasteiger partial charge in [-0.15, -0.1) is 0 Å². The molecule has 0 fully saturated rings. The summed E-state index contributed by atoms with van der Waals surface area (Å²) < 4.78 is 6.86. The molecule has 0 spiro atoms. The molecule has 1 aromatic rings. The number of rotatable bonds is 7. The van der Waals surface area contributed by atoms with Crippen LogP contribution in [0.5, 0.6) is 0 Å². The first kappa shape index (κ1) is 16.7. The van der Waals surface area contributed by atoms with Crippen LogP contribution in [0.1, 0.15) is 44.3 Å². The summed E-state index contributed by atoms with van der Waals surface area (Å²) in [6, 6.07) is 5.54. The average molecular weight is 394 g/mol. The molecular formula is C14H18Br2O3. The molecule has 0 aliphatic rings. The topological polar surface area (TPSA) is 46.5 Å². The third-order valence-electron chi connectivity index (χ3n) is 2.71. The lowest BCUT2D eigenvalue weighted by Crippen LogP contribution is -2.08. The van der Waals surface area contributed by atoms with E-state index in [0.29, 0.717) is 13.0 Å². The predicted molar refractivity (Wildman–Crippen MR) is 81.9 cm³/mol. The Morgan fingerprint density at radius 2 is 2.11 bits per heavy atom. The van der Waals surface area contributed by atoms with E-state index >= 15 is 0 Å². The molecular weight excluding hydrogens is 376 g/mol. The first-order valence-electron chi connectivity index (χ1n) is 6.33. The number of hydrogen-bond donors (Lipinski definition) is 1. The lowest BCUT2D eigenvalue weighted by atomic mass is 10.1. The van der Waals surface area contributed by atoms with E-state index in [4.69, 9.17) is 4.74 Å². The third kappa shape index (κ3) is 6.06. The predicted octanol–water partition coefficient (Wildman–Crippen LogP) is 4.37. The van der Waals surface area contributed by atoms with Gasteiger partial charge in [0.1, 0.15) is 0 Å². The number of halogens is 2. The van der Waals surface area contributed by atoms with Crippen LogP contribution in [0.2, 0.25) is 0 Å². The highest BCUT2D eigenvalue weighted by Crippen LogP contribution is 2.28. The standard InChI is InChI=1S/C14H18Br2O3/c1-2-3-8-19-14(18)7-6-13(17)10-4-5-11(15)12(16)9-10/h4-5,9,13,17H,2-3,6-8H2,1H3. The van der Waals surface area contributed by atoms with Crippen molar-refractivity contribution in [3.05, 3.63) is 32.7 Å². The van der Waals surface area contributed by atoms with Crippen LogP contribution >= 0.6 is 31.9 Å². The van der Waals surface area contributed by atoms with Crippen molar-refractivity contribution in [3.63, 3.8) is 0 Å². The zero-order chi connectivity index (χ0) is 14.3. The highest BCUT2D eigenvalue weighted by Gasteiger charge is 2.12. The Bertz CT molecular complexity index is 421. The molecule has 0 amide bonds. The molecule has 0 saturated heterocycles. The van der Waals surface area contributed by atoms with Gasteiger partial charge in [-0.2, -0.15) is 0 Å². The number of unbranched alkanes of at least 4 members (excludes halogenated alkanes) is 1. The maximum Gasteiger partial charge on any atom is 0.305 e. The number of esters is 1. The summed E-state index contributed by atoms with van der Waals surface area (Å²) in [6.07, 6.45) is 1.84. The molecule has 0 radical (unpaired) electrons. The van der Waals surface area contributed by atoms with Gasteiger partial charge < -0.3 is 9.84 Å². The van der Waals surface area contributed by atoms with Crippen molar-refractivity contribution < 1.29 is 14.6 Å². The average Bonchev–Trinajstić information content (AvgIpc) is 2.39. The van der Waals surface area contributed by atoms with Crippen molar-refractivity contribution in [1.82, 2.24) is 0 Å². The summed E-state index contributed by atoms with van der Waals surface area (Å²) in [6.45, 7) is 2.51. The Morgan fingerprint density at radius 1 is 1.37 bits per heavy atom. The highest BCUT2D eigenvalue weighted by molar-refractivity contribution is 9.13. The molecule has 19 heavy (non-hydrogen) atoms. The largest absolute Gasteiger partial charge is 0.466 e. The van der Waals surface area contributed by atoms with Gasteiger partial charge in [-0.05, 0) is 62.4 Å². The van der Waals surface area contributed by atoms with Gasteiger partial charge in [-0.3, -0.25) is 4.79 Å². The Labute approximate surface area is 130 Å². The molecule has 0 heterocycles. The van der Waals surface area contributed by atoms with E-state index in [2.05, 4.69) is 31.9 Å². The third-order valence-corrected chi connectivity index (χ3v) is 4.59.